The van der Waals surface area contributed by atoms with Gasteiger partial charge in [0.1, 0.15) is 11.4 Å². The molecule has 2 amide bonds. The molecule has 0 radical (unpaired) electrons. The van der Waals surface area contributed by atoms with Crippen LogP contribution in [0.3, 0.4) is 0 Å². The molecule has 0 saturated carbocycles. The molecule has 4 aromatic rings. The molecule has 2 N–H and O–H groups in total. The van der Waals surface area contributed by atoms with Crippen LogP contribution in [-0.2, 0) is 9.53 Å². The van der Waals surface area contributed by atoms with E-state index < -0.39 is 0 Å². The Morgan fingerprint density at radius 3 is 2.30 bits per heavy atom. The Hall–Kier alpha value is -4.49. The Balaban J connectivity index is 1.52. The molecule has 0 aliphatic carbocycles. The van der Waals surface area contributed by atoms with Crippen LogP contribution in [0.4, 0.5) is 0 Å². The van der Waals surface area contributed by atoms with Crippen molar-refractivity contribution in [2.45, 2.75) is 18.9 Å². The molecule has 2 heterocycles. The lowest BCUT2D eigenvalue weighted by Crippen LogP contribution is -2.38. The number of amides is 2. The molecule has 1 atom stereocenters. The minimum Gasteiger partial charge on any atom is -0.376 e. The van der Waals surface area contributed by atoms with E-state index in [9.17, 15) is 9.59 Å². The number of aromatic nitrogens is 2. The van der Waals surface area contributed by atoms with Crippen molar-refractivity contribution in [3.8, 4) is 16.9 Å². The first-order valence-corrected chi connectivity index (χ1v) is 12.4. The number of benzene rings is 3. The number of para-hydroxylation sites is 1. The highest BCUT2D eigenvalue weighted by molar-refractivity contribution is 6.05. The monoisotopic (exact) mass is 492 g/mol. The van der Waals surface area contributed by atoms with Crippen molar-refractivity contribution in [3.05, 3.63) is 114 Å². The molecule has 0 bridgehead atoms. The van der Waals surface area contributed by atoms with Gasteiger partial charge in [0.15, 0.2) is 0 Å². The predicted molar refractivity (Wildman–Crippen MR) is 143 cm³/mol. The first-order chi connectivity index (χ1) is 18.2. The summed E-state index contributed by atoms with van der Waals surface area (Å²) in [6.45, 7) is 1.08. The topological polar surface area (TPSA) is 85.2 Å². The van der Waals surface area contributed by atoms with Crippen LogP contribution in [0.5, 0.6) is 0 Å². The van der Waals surface area contributed by atoms with E-state index in [1.807, 2.05) is 72.9 Å². The molecule has 37 heavy (non-hydrogen) atoms. The molecule has 0 spiro atoms. The average Bonchev–Trinajstić information content (AvgIpc) is 3.63. The molecule has 1 aliphatic rings. The van der Waals surface area contributed by atoms with Gasteiger partial charge in [-0.3, -0.25) is 9.59 Å². The maximum Gasteiger partial charge on any atom is 0.267 e. The predicted octanol–water partition coefficient (Wildman–Crippen LogP) is 4.61. The van der Waals surface area contributed by atoms with Crippen molar-refractivity contribution in [2.75, 3.05) is 13.2 Å². The summed E-state index contributed by atoms with van der Waals surface area (Å²) in [6.07, 6.45) is 5.40. The van der Waals surface area contributed by atoms with Crippen LogP contribution >= 0.6 is 0 Å². The van der Waals surface area contributed by atoms with Gasteiger partial charge in [-0.05, 0) is 43.2 Å². The van der Waals surface area contributed by atoms with Crippen LogP contribution in [0.25, 0.3) is 23.0 Å². The summed E-state index contributed by atoms with van der Waals surface area (Å²) in [5.74, 6) is -0.748. The molecule has 186 valence electrons. The van der Waals surface area contributed by atoms with Gasteiger partial charge in [-0.25, -0.2) is 4.68 Å². The van der Waals surface area contributed by atoms with Gasteiger partial charge < -0.3 is 15.4 Å². The smallest absolute Gasteiger partial charge is 0.267 e. The van der Waals surface area contributed by atoms with E-state index in [2.05, 4.69) is 10.6 Å². The minimum absolute atomic E-state index is 0.0178. The van der Waals surface area contributed by atoms with Crippen LogP contribution in [0.1, 0.15) is 28.8 Å². The van der Waals surface area contributed by atoms with Crippen molar-refractivity contribution in [1.29, 1.82) is 0 Å². The standard InChI is InChI=1S/C30H28N4O3/c35-29(23-13-6-2-7-14-23)32-27(30(36)31-20-26-17-10-18-37-26)19-24-21-34(25-15-8-3-9-16-25)33-28(24)22-11-4-1-5-12-22/h1-9,11-16,19,21,26H,10,17-18,20H2,(H,31,36)(H,32,35). The van der Waals surface area contributed by atoms with Crippen molar-refractivity contribution >= 4 is 17.9 Å². The van der Waals surface area contributed by atoms with Gasteiger partial charge in [-0.2, -0.15) is 5.10 Å². The number of ether oxygens (including phenoxy) is 1. The number of nitrogens with one attached hydrogen (secondary N) is 2. The van der Waals surface area contributed by atoms with Crippen LogP contribution < -0.4 is 10.6 Å². The van der Waals surface area contributed by atoms with Crippen molar-refractivity contribution < 1.29 is 14.3 Å². The van der Waals surface area contributed by atoms with Gasteiger partial charge in [0.2, 0.25) is 0 Å². The second-order valence-corrected chi connectivity index (χ2v) is 8.80. The summed E-state index contributed by atoms with van der Waals surface area (Å²) in [4.78, 5) is 26.3. The second kappa shape index (κ2) is 11.5. The third kappa shape index (κ3) is 6.02. The molecule has 1 saturated heterocycles. The summed E-state index contributed by atoms with van der Waals surface area (Å²) in [5, 5.41) is 10.6. The lowest BCUT2D eigenvalue weighted by Gasteiger charge is -2.14. The maximum absolute atomic E-state index is 13.3. The highest BCUT2D eigenvalue weighted by Gasteiger charge is 2.21. The summed E-state index contributed by atoms with van der Waals surface area (Å²) in [7, 11) is 0. The van der Waals surface area contributed by atoms with Crippen LogP contribution in [0, 0.1) is 0 Å². The fourth-order valence-electron chi connectivity index (χ4n) is 4.23. The van der Waals surface area contributed by atoms with E-state index >= 15 is 0 Å². The maximum atomic E-state index is 13.3. The number of carbonyl (C=O) groups is 2. The van der Waals surface area contributed by atoms with Gasteiger partial charge in [0.05, 0.1) is 11.8 Å². The number of hydrogen-bond donors (Lipinski definition) is 2. The lowest BCUT2D eigenvalue weighted by molar-refractivity contribution is -0.118. The normalized spacial score (nSPS) is 15.4. The van der Waals surface area contributed by atoms with Crippen molar-refractivity contribution in [2.24, 2.45) is 0 Å². The molecule has 1 unspecified atom stereocenters. The summed E-state index contributed by atoms with van der Waals surface area (Å²) < 4.78 is 7.42. The third-order valence-corrected chi connectivity index (χ3v) is 6.15. The summed E-state index contributed by atoms with van der Waals surface area (Å²) in [5.41, 5.74) is 3.78. The van der Waals surface area contributed by atoms with Crippen molar-refractivity contribution in [3.63, 3.8) is 0 Å². The molecular formula is C30H28N4O3. The minimum atomic E-state index is -0.383. The zero-order chi connectivity index (χ0) is 25.5. The van der Waals surface area contributed by atoms with E-state index in [1.165, 1.54) is 0 Å². The zero-order valence-electron chi connectivity index (χ0n) is 20.3. The first kappa shape index (κ1) is 24.2. The van der Waals surface area contributed by atoms with E-state index in [-0.39, 0.29) is 23.6 Å². The average molecular weight is 493 g/mol. The van der Waals surface area contributed by atoms with Crippen LogP contribution in [0.15, 0.2) is 103 Å². The molecule has 7 nitrogen and oxygen atoms in total. The lowest BCUT2D eigenvalue weighted by atomic mass is 10.1. The van der Waals surface area contributed by atoms with Crippen molar-refractivity contribution in [1.82, 2.24) is 20.4 Å². The Labute approximate surface area is 215 Å². The van der Waals surface area contributed by atoms with Gasteiger partial charge in [-0.15, -0.1) is 0 Å². The number of rotatable bonds is 8. The number of nitrogens with zero attached hydrogens (tertiary/aromatic N) is 2. The van der Waals surface area contributed by atoms with Gasteiger partial charge in [-0.1, -0.05) is 66.7 Å². The van der Waals surface area contributed by atoms with Gasteiger partial charge in [0, 0.05) is 36.0 Å². The highest BCUT2D eigenvalue weighted by atomic mass is 16.5. The Morgan fingerprint density at radius 2 is 1.62 bits per heavy atom. The third-order valence-electron chi connectivity index (χ3n) is 6.15. The molecule has 5 rings (SSSR count). The molecule has 3 aromatic carbocycles. The number of carbonyl (C=O) groups excluding carboxylic acids is 2. The second-order valence-electron chi connectivity index (χ2n) is 8.80. The fraction of sp³-hybridized carbons (Fsp3) is 0.167. The molecular weight excluding hydrogens is 464 g/mol. The summed E-state index contributed by atoms with van der Waals surface area (Å²) >= 11 is 0. The largest absolute Gasteiger partial charge is 0.376 e. The first-order valence-electron chi connectivity index (χ1n) is 12.4. The van der Waals surface area contributed by atoms with Gasteiger partial charge >= 0.3 is 0 Å². The molecule has 1 aliphatic heterocycles. The quantitative estimate of drug-likeness (QED) is 0.352. The molecule has 7 heteroatoms. The van der Waals surface area contributed by atoms with Crippen LogP contribution in [-0.4, -0.2) is 40.9 Å². The summed E-state index contributed by atoms with van der Waals surface area (Å²) in [6, 6.07) is 28.3. The van der Waals surface area contributed by atoms with E-state index in [4.69, 9.17) is 9.84 Å². The van der Waals surface area contributed by atoms with E-state index in [0.717, 1.165) is 24.1 Å². The number of hydrogen-bond acceptors (Lipinski definition) is 4. The van der Waals surface area contributed by atoms with Gasteiger partial charge in [0.25, 0.3) is 11.8 Å². The SMILES string of the molecule is O=C(NCC1CCCO1)C(=Cc1cn(-c2ccccc2)nc1-c1ccccc1)NC(=O)c1ccccc1. The molecule has 1 aromatic heterocycles. The Kier molecular flexibility index (Phi) is 7.52. The highest BCUT2D eigenvalue weighted by Crippen LogP contribution is 2.25. The Morgan fingerprint density at radius 1 is 0.946 bits per heavy atom. The zero-order valence-corrected chi connectivity index (χ0v) is 20.3. The van der Waals surface area contributed by atoms with E-state index in [1.54, 1.807) is 35.0 Å². The van der Waals surface area contributed by atoms with E-state index in [0.29, 0.717) is 30.0 Å². The fourth-order valence-corrected chi connectivity index (χ4v) is 4.23. The van der Waals surface area contributed by atoms with Crippen LogP contribution in [0.2, 0.25) is 0 Å². The molecule has 1 fully saturated rings. The Bertz CT molecular complexity index is 1380.